The highest BCUT2D eigenvalue weighted by atomic mass is 16.5. The fourth-order valence-electron chi connectivity index (χ4n) is 3.14. The number of carbonyl (C=O) groups is 1. The predicted molar refractivity (Wildman–Crippen MR) is 84.7 cm³/mol. The molecule has 21 heavy (non-hydrogen) atoms. The topological polar surface area (TPSA) is 38.8 Å². The van der Waals surface area contributed by atoms with Crippen LogP contribution in [-0.2, 0) is 9.53 Å². The minimum Gasteiger partial charge on any atom is -0.497 e. The fraction of sp³-hybridized carbons (Fsp3) is 0.471. The van der Waals surface area contributed by atoms with Crippen LogP contribution in [0.5, 0.6) is 5.75 Å². The summed E-state index contributed by atoms with van der Waals surface area (Å²) in [6.07, 6.45) is 2.17. The van der Waals surface area contributed by atoms with Gasteiger partial charge < -0.3 is 14.4 Å². The van der Waals surface area contributed by atoms with Gasteiger partial charge in [-0.3, -0.25) is 0 Å². The highest BCUT2D eigenvalue weighted by molar-refractivity contribution is 5.87. The number of esters is 1. The normalized spacial score (nSPS) is 17.6. The fourth-order valence-corrected chi connectivity index (χ4v) is 3.14. The lowest BCUT2D eigenvalue weighted by atomic mass is 9.87. The number of anilines is 1. The van der Waals surface area contributed by atoms with Crippen LogP contribution in [0.2, 0.25) is 0 Å². The molecule has 1 atom stereocenters. The van der Waals surface area contributed by atoms with Crippen LogP contribution in [0.4, 0.5) is 5.69 Å². The summed E-state index contributed by atoms with van der Waals surface area (Å²) in [7, 11) is 3.08. The Balaban J connectivity index is 2.58. The van der Waals surface area contributed by atoms with Crippen molar-refractivity contribution in [1.82, 2.24) is 0 Å². The van der Waals surface area contributed by atoms with Gasteiger partial charge in [0.15, 0.2) is 0 Å². The summed E-state index contributed by atoms with van der Waals surface area (Å²) in [6.45, 7) is 8.16. The van der Waals surface area contributed by atoms with Crippen LogP contribution >= 0.6 is 0 Å². The van der Waals surface area contributed by atoms with Crippen LogP contribution in [0.3, 0.4) is 0 Å². The summed E-state index contributed by atoms with van der Waals surface area (Å²) in [5.41, 5.74) is 3.03. The van der Waals surface area contributed by atoms with E-state index in [1.807, 2.05) is 25.1 Å². The van der Waals surface area contributed by atoms with Crippen molar-refractivity contribution in [2.75, 3.05) is 19.1 Å². The molecule has 4 nitrogen and oxygen atoms in total. The Hall–Kier alpha value is -1.97. The van der Waals surface area contributed by atoms with Crippen molar-refractivity contribution in [2.24, 2.45) is 0 Å². The van der Waals surface area contributed by atoms with E-state index in [-0.39, 0.29) is 17.6 Å². The molecule has 1 aliphatic heterocycles. The number of nitrogens with zero attached hydrogens (tertiary/aromatic N) is 1. The number of carbonyl (C=O) groups excluding carboxylic acids is 1. The van der Waals surface area contributed by atoms with Crippen LogP contribution in [0.25, 0.3) is 5.57 Å². The third kappa shape index (κ3) is 2.62. The molecule has 0 saturated heterocycles. The lowest BCUT2D eigenvalue weighted by molar-refractivity contribution is -0.142. The molecular weight excluding hydrogens is 266 g/mol. The van der Waals surface area contributed by atoms with Gasteiger partial charge in [0.2, 0.25) is 0 Å². The maximum Gasteiger partial charge on any atom is 0.328 e. The van der Waals surface area contributed by atoms with E-state index >= 15 is 0 Å². The van der Waals surface area contributed by atoms with E-state index < -0.39 is 0 Å². The number of hydrogen-bond acceptors (Lipinski definition) is 4. The number of fused-ring (bicyclic) bond motifs is 1. The minimum atomic E-state index is -0.360. The summed E-state index contributed by atoms with van der Waals surface area (Å²) >= 11 is 0. The zero-order chi connectivity index (χ0) is 15.8. The molecule has 2 rings (SSSR count). The van der Waals surface area contributed by atoms with E-state index in [1.54, 1.807) is 7.11 Å². The molecular formula is C17H23NO3. The number of allylic oxidation sites excluding steroid dienone is 1. The zero-order valence-electron chi connectivity index (χ0n) is 13.6. The van der Waals surface area contributed by atoms with Crippen molar-refractivity contribution >= 4 is 17.2 Å². The number of ether oxygens (including phenoxy) is 2. The molecule has 0 aromatic heterocycles. The standard InChI is InChI=1S/C17H23NO3/c1-11-10-17(3,4)18(12(2)16(19)21-6)15-8-7-13(20-5)9-14(11)15/h7-10,12H,1-6H3/t12-/m1/s1. The third-order valence-corrected chi connectivity index (χ3v) is 4.01. The van der Waals surface area contributed by atoms with E-state index in [2.05, 4.69) is 31.7 Å². The van der Waals surface area contributed by atoms with Crippen molar-refractivity contribution in [1.29, 1.82) is 0 Å². The van der Waals surface area contributed by atoms with Crippen molar-refractivity contribution in [3.8, 4) is 5.75 Å². The Bertz CT molecular complexity index is 590. The largest absolute Gasteiger partial charge is 0.497 e. The first-order valence-corrected chi connectivity index (χ1v) is 7.07. The van der Waals surface area contributed by atoms with Gasteiger partial charge in [-0.05, 0) is 51.5 Å². The molecule has 0 N–H and O–H groups in total. The Morgan fingerprint density at radius 3 is 2.52 bits per heavy atom. The number of hydrogen-bond donors (Lipinski definition) is 0. The Morgan fingerprint density at radius 2 is 1.95 bits per heavy atom. The molecule has 0 spiro atoms. The SMILES string of the molecule is COC(=O)[C@@H](C)N1c2ccc(OC)cc2C(C)=CC1(C)C. The molecule has 0 radical (unpaired) electrons. The van der Waals surface area contributed by atoms with Gasteiger partial charge in [-0.2, -0.15) is 0 Å². The highest BCUT2D eigenvalue weighted by Crippen LogP contribution is 2.41. The van der Waals surface area contributed by atoms with Crippen LogP contribution in [0, 0.1) is 0 Å². The monoisotopic (exact) mass is 289 g/mol. The zero-order valence-corrected chi connectivity index (χ0v) is 13.6. The second kappa shape index (κ2) is 5.43. The third-order valence-electron chi connectivity index (χ3n) is 4.01. The summed E-state index contributed by atoms with van der Waals surface area (Å²) in [4.78, 5) is 14.1. The van der Waals surface area contributed by atoms with Gasteiger partial charge in [-0.25, -0.2) is 4.79 Å². The van der Waals surface area contributed by atoms with E-state index in [4.69, 9.17) is 9.47 Å². The average Bonchev–Trinajstić information content (AvgIpc) is 2.44. The molecule has 1 aliphatic rings. The van der Waals surface area contributed by atoms with Crippen LogP contribution in [0.1, 0.15) is 33.3 Å². The summed E-state index contributed by atoms with van der Waals surface area (Å²) < 4.78 is 10.2. The van der Waals surface area contributed by atoms with Crippen LogP contribution in [-0.4, -0.2) is 31.8 Å². The van der Waals surface area contributed by atoms with Gasteiger partial charge in [0.1, 0.15) is 11.8 Å². The molecule has 1 aromatic rings. The van der Waals surface area contributed by atoms with Gasteiger partial charge in [-0.15, -0.1) is 0 Å². The van der Waals surface area contributed by atoms with E-state index in [0.29, 0.717) is 0 Å². The van der Waals surface area contributed by atoms with E-state index in [9.17, 15) is 4.79 Å². The van der Waals surface area contributed by atoms with Crippen molar-refractivity contribution < 1.29 is 14.3 Å². The predicted octanol–water partition coefficient (Wildman–Crippen LogP) is 3.26. The van der Waals surface area contributed by atoms with E-state index in [0.717, 1.165) is 17.0 Å². The molecule has 114 valence electrons. The molecule has 0 fully saturated rings. The second-order valence-corrected chi connectivity index (χ2v) is 5.93. The molecule has 0 bridgehead atoms. The Labute approximate surface area is 126 Å². The van der Waals surface area contributed by atoms with Crippen molar-refractivity contribution in [3.63, 3.8) is 0 Å². The first-order valence-electron chi connectivity index (χ1n) is 7.07. The maximum absolute atomic E-state index is 12.0. The molecule has 1 aromatic carbocycles. The Morgan fingerprint density at radius 1 is 1.29 bits per heavy atom. The lowest BCUT2D eigenvalue weighted by Gasteiger charge is -2.45. The van der Waals surface area contributed by atoms with Gasteiger partial charge in [0.05, 0.1) is 19.8 Å². The Kier molecular flexibility index (Phi) is 3.99. The quantitative estimate of drug-likeness (QED) is 0.801. The van der Waals surface area contributed by atoms with Gasteiger partial charge in [0.25, 0.3) is 0 Å². The van der Waals surface area contributed by atoms with E-state index in [1.165, 1.54) is 12.7 Å². The molecule has 0 unspecified atom stereocenters. The van der Waals surface area contributed by atoms with Crippen LogP contribution in [0.15, 0.2) is 24.3 Å². The molecule has 0 saturated carbocycles. The molecule has 1 heterocycles. The van der Waals surface area contributed by atoms with Crippen molar-refractivity contribution in [3.05, 3.63) is 29.8 Å². The van der Waals surface area contributed by atoms with Crippen molar-refractivity contribution in [2.45, 2.75) is 39.3 Å². The molecule has 4 heteroatoms. The van der Waals surface area contributed by atoms with Crippen LogP contribution < -0.4 is 9.64 Å². The smallest absolute Gasteiger partial charge is 0.328 e. The summed E-state index contributed by atoms with van der Waals surface area (Å²) in [5.74, 6) is 0.574. The maximum atomic E-state index is 12.0. The summed E-state index contributed by atoms with van der Waals surface area (Å²) in [5, 5.41) is 0. The summed E-state index contributed by atoms with van der Waals surface area (Å²) in [6, 6.07) is 5.57. The number of benzene rings is 1. The lowest BCUT2D eigenvalue weighted by Crippen LogP contribution is -2.53. The second-order valence-electron chi connectivity index (χ2n) is 5.93. The first-order chi connectivity index (χ1) is 9.81. The van der Waals surface area contributed by atoms with Gasteiger partial charge in [0, 0.05) is 11.3 Å². The number of rotatable bonds is 3. The van der Waals surface area contributed by atoms with Gasteiger partial charge >= 0.3 is 5.97 Å². The average molecular weight is 289 g/mol. The molecule has 0 aliphatic carbocycles. The highest BCUT2D eigenvalue weighted by Gasteiger charge is 2.37. The van der Waals surface area contributed by atoms with Gasteiger partial charge in [-0.1, -0.05) is 6.08 Å². The first kappa shape index (κ1) is 15.4. The molecule has 0 amide bonds. The minimum absolute atomic E-state index is 0.238. The number of methoxy groups -OCH3 is 2.